The molecule has 4 N–H and O–H groups in total. The van der Waals surface area contributed by atoms with Gasteiger partial charge in [-0.05, 0) is 82.7 Å². The van der Waals surface area contributed by atoms with Crippen LogP contribution in [0.2, 0.25) is 5.02 Å². The van der Waals surface area contributed by atoms with E-state index in [9.17, 15) is 19.2 Å². The first-order valence-electron chi connectivity index (χ1n) is 12.9. The van der Waals surface area contributed by atoms with Crippen LogP contribution in [-0.4, -0.2) is 46.4 Å². The maximum atomic E-state index is 14.1. The number of ether oxygens (including phenoxy) is 1. The molecule has 1 saturated carbocycles. The molecule has 0 aliphatic heterocycles. The summed E-state index contributed by atoms with van der Waals surface area (Å²) in [6, 6.07) is 8.20. The van der Waals surface area contributed by atoms with Crippen molar-refractivity contribution in [3.63, 3.8) is 0 Å². The van der Waals surface area contributed by atoms with Crippen LogP contribution in [0, 0.1) is 20.8 Å². The first kappa shape index (κ1) is 30.0. The van der Waals surface area contributed by atoms with Crippen molar-refractivity contribution in [3.8, 4) is 0 Å². The number of carbonyl (C=O) groups excluding carboxylic acids is 4. The van der Waals surface area contributed by atoms with Gasteiger partial charge in [0, 0.05) is 6.04 Å². The van der Waals surface area contributed by atoms with E-state index in [4.69, 9.17) is 22.1 Å². The van der Waals surface area contributed by atoms with Crippen LogP contribution in [0.25, 0.3) is 0 Å². The molecule has 4 amide bonds. The zero-order valence-corrected chi connectivity index (χ0v) is 24.0. The summed E-state index contributed by atoms with van der Waals surface area (Å²) in [6.07, 6.45) is 0.0198. The molecule has 2 aromatic carbocycles. The Bertz CT molecular complexity index is 1250. The number of nitrogens with two attached hydrogens (primary N) is 1. The van der Waals surface area contributed by atoms with E-state index in [2.05, 4.69) is 10.6 Å². The number of amides is 4. The number of benzene rings is 2. The van der Waals surface area contributed by atoms with Gasteiger partial charge in [0.25, 0.3) is 5.91 Å². The molecule has 1 aliphatic carbocycles. The van der Waals surface area contributed by atoms with Gasteiger partial charge in [-0.15, -0.1) is 0 Å². The number of carbonyl (C=O) groups is 4. The number of para-hydroxylation sites is 1. The highest BCUT2D eigenvalue weighted by Gasteiger charge is 2.45. The van der Waals surface area contributed by atoms with E-state index in [1.54, 1.807) is 39.0 Å². The lowest BCUT2D eigenvalue weighted by Gasteiger charge is -2.35. The molecule has 0 heterocycles. The van der Waals surface area contributed by atoms with Crippen molar-refractivity contribution in [2.75, 3.05) is 5.32 Å². The van der Waals surface area contributed by atoms with Gasteiger partial charge in [-0.2, -0.15) is 0 Å². The monoisotopic (exact) mass is 556 g/mol. The van der Waals surface area contributed by atoms with E-state index in [1.165, 1.54) is 4.90 Å². The number of aryl methyl sites for hydroxylation is 2. The number of anilines is 1. The largest absolute Gasteiger partial charge is 0.444 e. The third-order valence-corrected chi connectivity index (χ3v) is 6.84. The summed E-state index contributed by atoms with van der Waals surface area (Å²) in [5.41, 5.74) is 8.27. The van der Waals surface area contributed by atoms with Gasteiger partial charge in [0.1, 0.15) is 17.7 Å². The van der Waals surface area contributed by atoms with Crippen LogP contribution >= 0.6 is 11.6 Å². The SMILES string of the molecule is Cc1cccc(C(C(=O)Nc2c(C)cccc2Cl)N(C(=O)C(CC(N)=O)NC(=O)OC(C)(C)C)C2CC2)c1C. The molecular weight excluding hydrogens is 520 g/mol. The molecule has 10 heteroatoms. The quantitative estimate of drug-likeness (QED) is 0.412. The summed E-state index contributed by atoms with van der Waals surface area (Å²) in [5.74, 6) is -1.84. The number of alkyl carbamates (subject to hydrolysis) is 1. The Hall–Kier alpha value is -3.59. The smallest absolute Gasteiger partial charge is 0.408 e. The highest BCUT2D eigenvalue weighted by atomic mass is 35.5. The zero-order chi connectivity index (χ0) is 29.1. The molecule has 1 aliphatic rings. The summed E-state index contributed by atoms with van der Waals surface area (Å²) in [4.78, 5) is 54.2. The van der Waals surface area contributed by atoms with Crippen molar-refractivity contribution in [1.29, 1.82) is 0 Å². The maximum absolute atomic E-state index is 14.1. The average molecular weight is 557 g/mol. The number of primary amides is 1. The minimum absolute atomic E-state index is 0.267. The minimum Gasteiger partial charge on any atom is -0.444 e. The van der Waals surface area contributed by atoms with Gasteiger partial charge in [-0.25, -0.2) is 4.79 Å². The van der Waals surface area contributed by atoms with Crippen LogP contribution in [0.3, 0.4) is 0 Å². The molecular formula is C29H37ClN4O5. The lowest BCUT2D eigenvalue weighted by molar-refractivity contribution is -0.142. The zero-order valence-electron chi connectivity index (χ0n) is 23.3. The number of hydrogen-bond acceptors (Lipinski definition) is 5. The molecule has 0 aromatic heterocycles. The van der Waals surface area contributed by atoms with Gasteiger partial charge < -0.3 is 26.0 Å². The summed E-state index contributed by atoms with van der Waals surface area (Å²) in [6.45, 7) is 10.7. The molecule has 2 unspecified atom stereocenters. The average Bonchev–Trinajstić information content (AvgIpc) is 3.64. The van der Waals surface area contributed by atoms with Crippen LogP contribution < -0.4 is 16.4 Å². The molecule has 3 rings (SSSR count). The predicted molar refractivity (Wildman–Crippen MR) is 150 cm³/mol. The van der Waals surface area contributed by atoms with Crippen molar-refractivity contribution in [2.24, 2.45) is 5.73 Å². The Balaban J connectivity index is 2.07. The molecule has 39 heavy (non-hydrogen) atoms. The molecule has 0 saturated heterocycles. The number of halogens is 1. The highest BCUT2D eigenvalue weighted by Crippen LogP contribution is 2.38. The Kier molecular flexibility index (Phi) is 9.27. The predicted octanol–water partition coefficient (Wildman–Crippen LogP) is 4.70. The Labute approximate surface area is 234 Å². The third kappa shape index (κ3) is 7.72. The number of rotatable bonds is 9. The van der Waals surface area contributed by atoms with Crippen LogP contribution in [0.15, 0.2) is 36.4 Å². The van der Waals surface area contributed by atoms with E-state index in [0.29, 0.717) is 29.1 Å². The number of hydrogen-bond donors (Lipinski definition) is 3. The van der Waals surface area contributed by atoms with Gasteiger partial charge in [0.15, 0.2) is 0 Å². The van der Waals surface area contributed by atoms with Crippen molar-refractivity contribution in [1.82, 2.24) is 10.2 Å². The van der Waals surface area contributed by atoms with Crippen LogP contribution in [0.4, 0.5) is 10.5 Å². The van der Waals surface area contributed by atoms with Gasteiger partial charge in [-0.3, -0.25) is 14.4 Å². The fraction of sp³-hybridized carbons (Fsp3) is 0.448. The molecule has 2 aromatic rings. The molecule has 2 atom stereocenters. The van der Waals surface area contributed by atoms with E-state index < -0.39 is 47.9 Å². The second kappa shape index (κ2) is 12.1. The van der Waals surface area contributed by atoms with Crippen LogP contribution in [0.1, 0.15) is 68.3 Å². The maximum Gasteiger partial charge on any atom is 0.408 e. The fourth-order valence-electron chi connectivity index (χ4n) is 4.37. The van der Waals surface area contributed by atoms with Crippen molar-refractivity contribution in [3.05, 3.63) is 63.7 Å². The standard InChI is InChI=1S/C29H37ClN4O5/c1-16-9-7-11-20(18(16)3)25(26(36)33-24-17(2)10-8-12-21(24)30)34(19-13-14-19)27(37)22(15-23(31)35)32-28(38)39-29(4,5)6/h7-12,19,22,25H,13-15H2,1-6H3,(H2,31,35)(H,32,38)(H,33,36). The lowest BCUT2D eigenvalue weighted by atomic mass is 9.94. The Morgan fingerprint density at radius 1 is 1.05 bits per heavy atom. The molecule has 0 radical (unpaired) electrons. The van der Waals surface area contributed by atoms with Gasteiger partial charge in [-0.1, -0.05) is 41.9 Å². The third-order valence-electron chi connectivity index (χ3n) is 6.53. The molecule has 0 bridgehead atoms. The fourth-order valence-corrected chi connectivity index (χ4v) is 4.64. The van der Waals surface area contributed by atoms with Crippen LogP contribution in [0.5, 0.6) is 0 Å². The van der Waals surface area contributed by atoms with E-state index in [1.807, 2.05) is 39.0 Å². The molecule has 9 nitrogen and oxygen atoms in total. The Morgan fingerprint density at radius 3 is 2.23 bits per heavy atom. The molecule has 1 fully saturated rings. The number of nitrogens with zero attached hydrogens (tertiary/aromatic N) is 1. The topological polar surface area (TPSA) is 131 Å². The second-order valence-corrected chi connectivity index (χ2v) is 11.4. The first-order valence-corrected chi connectivity index (χ1v) is 13.3. The Morgan fingerprint density at radius 2 is 1.67 bits per heavy atom. The normalized spacial score (nSPS) is 14.6. The van der Waals surface area contributed by atoms with Gasteiger partial charge >= 0.3 is 6.09 Å². The van der Waals surface area contributed by atoms with E-state index >= 15 is 0 Å². The summed E-state index contributed by atoms with van der Waals surface area (Å²) in [5, 5.41) is 5.79. The number of nitrogens with one attached hydrogen (secondary N) is 2. The van der Waals surface area contributed by atoms with E-state index in [0.717, 1.165) is 16.7 Å². The van der Waals surface area contributed by atoms with Crippen molar-refractivity contribution in [2.45, 2.75) is 84.5 Å². The molecule has 210 valence electrons. The van der Waals surface area contributed by atoms with Crippen molar-refractivity contribution < 1.29 is 23.9 Å². The van der Waals surface area contributed by atoms with Gasteiger partial charge in [0.2, 0.25) is 11.8 Å². The summed E-state index contributed by atoms with van der Waals surface area (Å²) < 4.78 is 5.32. The lowest BCUT2D eigenvalue weighted by Crippen LogP contribution is -2.54. The minimum atomic E-state index is -1.32. The van der Waals surface area contributed by atoms with Gasteiger partial charge in [0.05, 0.1) is 17.1 Å². The summed E-state index contributed by atoms with van der Waals surface area (Å²) in [7, 11) is 0. The van der Waals surface area contributed by atoms with Crippen LogP contribution in [-0.2, 0) is 19.1 Å². The highest BCUT2D eigenvalue weighted by molar-refractivity contribution is 6.34. The van der Waals surface area contributed by atoms with E-state index in [-0.39, 0.29) is 6.04 Å². The second-order valence-electron chi connectivity index (χ2n) is 11.0. The molecule has 0 spiro atoms. The van der Waals surface area contributed by atoms with Crippen molar-refractivity contribution >= 4 is 41.1 Å². The first-order chi connectivity index (χ1) is 18.2. The summed E-state index contributed by atoms with van der Waals surface area (Å²) >= 11 is 6.41.